The third-order valence-corrected chi connectivity index (χ3v) is 3.45. The van der Waals surface area contributed by atoms with Crippen LogP contribution in [0, 0.1) is 11.3 Å². The zero-order chi connectivity index (χ0) is 13.7. The summed E-state index contributed by atoms with van der Waals surface area (Å²) < 4.78 is 0. The maximum absolute atomic E-state index is 10.1. The molecule has 96 valence electrons. The van der Waals surface area contributed by atoms with Crippen LogP contribution in [0.15, 0.2) is 54.6 Å². The zero-order valence-corrected chi connectivity index (χ0v) is 11.1. The van der Waals surface area contributed by atoms with E-state index in [1.807, 2.05) is 30.3 Å². The number of benzene rings is 2. The fourth-order valence-electron chi connectivity index (χ4n) is 1.91. The van der Waals surface area contributed by atoms with Gasteiger partial charge in [-0.2, -0.15) is 5.26 Å². The van der Waals surface area contributed by atoms with Gasteiger partial charge in [0.2, 0.25) is 0 Å². The molecule has 2 nitrogen and oxygen atoms in total. The highest BCUT2D eigenvalue weighted by molar-refractivity contribution is 6.20. The fourth-order valence-corrected chi connectivity index (χ4v) is 2.22. The van der Waals surface area contributed by atoms with Gasteiger partial charge in [-0.15, -0.1) is 11.6 Å². The second-order valence-corrected chi connectivity index (χ2v) is 4.89. The molecule has 2 atom stereocenters. The van der Waals surface area contributed by atoms with Crippen LogP contribution < -0.4 is 0 Å². The van der Waals surface area contributed by atoms with Gasteiger partial charge in [-0.25, -0.2) is 0 Å². The van der Waals surface area contributed by atoms with Crippen LogP contribution in [0.2, 0.25) is 0 Å². The van der Waals surface area contributed by atoms with Crippen LogP contribution in [0.25, 0.3) is 0 Å². The third kappa shape index (κ3) is 3.57. The molecule has 0 amide bonds. The van der Waals surface area contributed by atoms with Crippen molar-refractivity contribution < 1.29 is 5.11 Å². The lowest BCUT2D eigenvalue weighted by molar-refractivity contribution is 0.166. The van der Waals surface area contributed by atoms with E-state index in [-0.39, 0.29) is 5.38 Å². The van der Waals surface area contributed by atoms with E-state index in [2.05, 4.69) is 6.07 Å². The number of hydrogen-bond donors (Lipinski definition) is 1. The highest BCUT2D eigenvalue weighted by atomic mass is 35.5. The van der Waals surface area contributed by atoms with Crippen LogP contribution >= 0.6 is 11.6 Å². The van der Waals surface area contributed by atoms with Gasteiger partial charge in [-0.3, -0.25) is 0 Å². The van der Waals surface area contributed by atoms with Crippen LogP contribution in [-0.4, -0.2) is 5.11 Å². The minimum absolute atomic E-state index is 0.230. The summed E-state index contributed by atoms with van der Waals surface area (Å²) in [6.07, 6.45) is -0.187. The summed E-state index contributed by atoms with van der Waals surface area (Å²) in [6.45, 7) is 0. The Hall–Kier alpha value is -1.82. The van der Waals surface area contributed by atoms with Gasteiger partial charge < -0.3 is 5.11 Å². The van der Waals surface area contributed by atoms with E-state index < -0.39 is 6.10 Å². The molecule has 2 aromatic rings. The maximum Gasteiger partial charge on any atom is 0.0991 e. The molecule has 3 heteroatoms. The minimum Gasteiger partial charge on any atom is -0.388 e. The molecule has 0 spiro atoms. The Morgan fingerprint density at radius 2 is 1.63 bits per heavy atom. The number of hydrogen-bond acceptors (Lipinski definition) is 2. The van der Waals surface area contributed by atoms with Crippen molar-refractivity contribution in [2.75, 3.05) is 0 Å². The number of nitriles is 1. The van der Waals surface area contributed by atoms with Gasteiger partial charge in [0.05, 0.1) is 23.1 Å². The Labute approximate surface area is 117 Å². The Balaban J connectivity index is 2.04. The Morgan fingerprint density at radius 1 is 1.00 bits per heavy atom. The summed E-state index contributed by atoms with van der Waals surface area (Å²) in [5.41, 5.74) is 2.36. The van der Waals surface area contributed by atoms with Crippen molar-refractivity contribution in [3.8, 4) is 6.07 Å². The summed E-state index contributed by atoms with van der Waals surface area (Å²) in [5.74, 6) is 0. The van der Waals surface area contributed by atoms with Gasteiger partial charge >= 0.3 is 0 Å². The molecule has 19 heavy (non-hydrogen) atoms. The largest absolute Gasteiger partial charge is 0.388 e. The summed E-state index contributed by atoms with van der Waals surface area (Å²) in [4.78, 5) is 0. The van der Waals surface area contributed by atoms with Crippen LogP contribution in [0.1, 0.15) is 34.6 Å². The van der Waals surface area contributed by atoms with Crippen molar-refractivity contribution in [2.24, 2.45) is 0 Å². The Morgan fingerprint density at radius 3 is 2.21 bits per heavy atom. The maximum atomic E-state index is 10.1. The molecular weight excluding hydrogens is 258 g/mol. The van der Waals surface area contributed by atoms with Crippen molar-refractivity contribution in [1.29, 1.82) is 5.26 Å². The molecule has 0 heterocycles. The number of rotatable bonds is 4. The standard InChI is InChI=1S/C16H14ClNO/c17-15(13-4-2-1-3-5-13)10-16(19)14-8-6-12(11-18)7-9-14/h1-9,15-16,19H,10H2/t15-,16-/m0/s1. The van der Waals surface area contributed by atoms with Crippen molar-refractivity contribution >= 4 is 11.6 Å². The van der Waals surface area contributed by atoms with Crippen molar-refractivity contribution in [3.05, 3.63) is 71.3 Å². The lowest BCUT2D eigenvalue weighted by Crippen LogP contribution is -2.02. The molecule has 1 N–H and O–H groups in total. The molecule has 0 saturated carbocycles. The normalized spacial score (nSPS) is 13.5. The van der Waals surface area contributed by atoms with Gasteiger partial charge in [-0.05, 0) is 29.7 Å². The molecule has 0 saturated heterocycles. The SMILES string of the molecule is N#Cc1ccc([C@@H](O)C[C@H](Cl)c2ccccc2)cc1. The van der Waals surface area contributed by atoms with Gasteiger partial charge in [0.25, 0.3) is 0 Å². The second kappa shape index (κ2) is 6.38. The first-order chi connectivity index (χ1) is 9.20. The van der Waals surface area contributed by atoms with Crippen LogP contribution in [0.4, 0.5) is 0 Å². The predicted molar refractivity (Wildman–Crippen MR) is 75.8 cm³/mol. The topological polar surface area (TPSA) is 44.0 Å². The lowest BCUT2D eigenvalue weighted by Gasteiger charge is -2.15. The molecule has 0 radical (unpaired) electrons. The van der Waals surface area contributed by atoms with E-state index in [9.17, 15) is 5.11 Å². The van der Waals surface area contributed by atoms with Crippen LogP contribution in [-0.2, 0) is 0 Å². The van der Waals surface area contributed by atoms with E-state index in [1.165, 1.54) is 0 Å². The molecular formula is C16H14ClNO. The number of nitrogens with zero attached hydrogens (tertiary/aromatic N) is 1. The van der Waals surface area contributed by atoms with E-state index in [0.29, 0.717) is 12.0 Å². The summed E-state index contributed by atoms with van der Waals surface area (Å²) in [7, 11) is 0. The fraction of sp³-hybridized carbons (Fsp3) is 0.188. The molecule has 2 aromatic carbocycles. The summed E-state index contributed by atoms with van der Waals surface area (Å²) >= 11 is 6.30. The molecule has 0 unspecified atom stereocenters. The van der Waals surface area contributed by atoms with E-state index in [1.54, 1.807) is 24.3 Å². The molecule has 0 aliphatic heterocycles. The summed E-state index contributed by atoms with van der Waals surface area (Å²) in [6, 6.07) is 18.7. The summed E-state index contributed by atoms with van der Waals surface area (Å²) in [5, 5.41) is 18.6. The van der Waals surface area contributed by atoms with Crippen LogP contribution in [0.3, 0.4) is 0 Å². The van der Waals surface area contributed by atoms with Gasteiger partial charge in [0.15, 0.2) is 0 Å². The number of aliphatic hydroxyl groups excluding tert-OH is 1. The first-order valence-corrected chi connectivity index (χ1v) is 6.51. The average molecular weight is 272 g/mol. The molecule has 0 fully saturated rings. The lowest BCUT2D eigenvalue weighted by atomic mass is 10.00. The van der Waals surface area contributed by atoms with Gasteiger partial charge in [-0.1, -0.05) is 42.5 Å². The second-order valence-electron chi connectivity index (χ2n) is 4.36. The number of alkyl halides is 1. The quantitative estimate of drug-likeness (QED) is 0.856. The molecule has 0 aromatic heterocycles. The Kier molecular flexibility index (Phi) is 4.57. The monoisotopic (exact) mass is 271 g/mol. The van der Waals surface area contributed by atoms with Crippen molar-refractivity contribution in [2.45, 2.75) is 17.9 Å². The molecule has 0 aliphatic carbocycles. The zero-order valence-electron chi connectivity index (χ0n) is 10.3. The van der Waals surface area contributed by atoms with Gasteiger partial charge in [0, 0.05) is 0 Å². The third-order valence-electron chi connectivity index (χ3n) is 3.02. The van der Waals surface area contributed by atoms with Gasteiger partial charge in [0.1, 0.15) is 0 Å². The van der Waals surface area contributed by atoms with Crippen LogP contribution in [0.5, 0.6) is 0 Å². The highest BCUT2D eigenvalue weighted by Crippen LogP contribution is 2.31. The first kappa shape index (κ1) is 13.6. The van der Waals surface area contributed by atoms with Crippen molar-refractivity contribution in [1.82, 2.24) is 0 Å². The first-order valence-electron chi connectivity index (χ1n) is 6.08. The Bertz CT molecular complexity index is 560. The number of halogens is 1. The van der Waals surface area contributed by atoms with E-state index in [4.69, 9.17) is 16.9 Å². The molecule has 2 rings (SSSR count). The smallest absolute Gasteiger partial charge is 0.0991 e. The van der Waals surface area contributed by atoms with E-state index in [0.717, 1.165) is 11.1 Å². The molecule has 0 bridgehead atoms. The van der Waals surface area contributed by atoms with Crippen molar-refractivity contribution in [3.63, 3.8) is 0 Å². The minimum atomic E-state index is -0.629. The average Bonchev–Trinajstić information content (AvgIpc) is 2.48. The number of aliphatic hydroxyl groups is 1. The van der Waals surface area contributed by atoms with E-state index >= 15 is 0 Å². The molecule has 0 aliphatic rings. The predicted octanol–water partition coefficient (Wildman–Crippen LogP) is 3.96. The highest BCUT2D eigenvalue weighted by Gasteiger charge is 2.15.